The lowest BCUT2D eigenvalue weighted by Crippen LogP contribution is -2.49. The zero-order valence-electron chi connectivity index (χ0n) is 27.3. The Balaban J connectivity index is 1.35. The van der Waals surface area contributed by atoms with Crippen LogP contribution in [0.4, 0.5) is 29.1 Å². The lowest BCUT2D eigenvalue weighted by Gasteiger charge is -2.49. The van der Waals surface area contributed by atoms with E-state index in [0.29, 0.717) is 17.2 Å². The maximum absolute atomic E-state index is 14.6. The number of halogens is 7. The predicted molar refractivity (Wildman–Crippen MR) is 180 cm³/mol. The number of aromatic hydroxyl groups is 1. The second-order valence-electron chi connectivity index (χ2n) is 13.3. The van der Waals surface area contributed by atoms with Crippen molar-refractivity contribution in [3.8, 4) is 11.5 Å². The fraction of sp³-hybridized carbons (Fsp3) is 0.343. The second-order valence-corrected chi connectivity index (χ2v) is 14.5. The van der Waals surface area contributed by atoms with Crippen molar-refractivity contribution in [1.29, 1.82) is 0 Å². The summed E-state index contributed by atoms with van der Waals surface area (Å²) in [5, 5.41) is 11.5. The molecular formula is C35H27Cl3F4N4O6. The molecule has 0 bridgehead atoms. The molecule has 2 aliphatic carbocycles. The predicted octanol–water partition coefficient (Wildman–Crippen LogP) is 7.20. The van der Waals surface area contributed by atoms with Gasteiger partial charge in [0, 0.05) is 13.0 Å². The number of carbonyl (C=O) groups is 4. The van der Waals surface area contributed by atoms with Crippen LogP contribution in [0.5, 0.6) is 11.5 Å². The number of rotatable bonds is 5. The molecule has 7 rings (SSSR count). The van der Waals surface area contributed by atoms with Crippen molar-refractivity contribution in [1.82, 2.24) is 9.99 Å². The molecule has 3 heterocycles. The van der Waals surface area contributed by atoms with Crippen LogP contribution < -0.4 is 14.6 Å². The van der Waals surface area contributed by atoms with Crippen molar-refractivity contribution < 1.29 is 46.6 Å². The SMILES string of the molecule is COc1cc(C2C3=CCC4C(=O)N(N(C)c5nc(C(F)(F)F)ccc5Cl)C(=O)C4C3CC3C(=O)N(c4ccc(F)c(Cl)c4)C(=O)C32C)cc(Cl)c1O. The van der Waals surface area contributed by atoms with Crippen LogP contribution in [0, 0.1) is 34.9 Å². The number of anilines is 2. The Morgan fingerprint density at radius 2 is 1.67 bits per heavy atom. The van der Waals surface area contributed by atoms with Gasteiger partial charge >= 0.3 is 6.18 Å². The highest BCUT2D eigenvalue weighted by Crippen LogP contribution is 2.64. The molecule has 3 aromatic rings. The summed E-state index contributed by atoms with van der Waals surface area (Å²) in [4.78, 5) is 61.8. The maximum Gasteiger partial charge on any atom is 0.433 e. The lowest BCUT2D eigenvalue weighted by molar-refractivity contribution is -0.141. The van der Waals surface area contributed by atoms with Crippen LogP contribution in [0.15, 0.2) is 54.1 Å². The molecule has 272 valence electrons. The number of alkyl halides is 3. The first-order valence-electron chi connectivity index (χ1n) is 15.9. The molecule has 4 amide bonds. The van der Waals surface area contributed by atoms with E-state index < -0.39 is 82.1 Å². The van der Waals surface area contributed by atoms with E-state index in [0.717, 1.165) is 33.1 Å². The van der Waals surface area contributed by atoms with Gasteiger partial charge in [0.1, 0.15) is 11.5 Å². The largest absolute Gasteiger partial charge is 0.503 e. The fourth-order valence-electron chi connectivity index (χ4n) is 8.37. The van der Waals surface area contributed by atoms with E-state index in [9.17, 15) is 41.8 Å². The van der Waals surface area contributed by atoms with Gasteiger partial charge in [-0.2, -0.15) is 18.2 Å². The molecule has 52 heavy (non-hydrogen) atoms. The lowest BCUT2D eigenvalue weighted by atomic mass is 9.51. The summed E-state index contributed by atoms with van der Waals surface area (Å²) in [6, 6.07) is 7.97. The number of fused-ring (bicyclic) bond motifs is 4. The normalized spacial score (nSPS) is 27.0. The Labute approximate surface area is 308 Å². The quantitative estimate of drug-likeness (QED) is 0.164. The molecule has 3 fully saturated rings. The molecule has 2 aliphatic heterocycles. The standard InChI is InChI=1S/C35H27Cl3F4N4O6/c1-34-19(31(49)45(33(34)51)15-4-8-23(39)21(37)12-15)13-18-16(27(34)14-10-22(38)28(47)24(11-14)52-3)5-6-17-26(18)32(50)46(30(17)48)44(2)29-20(36)7-9-25(43-29)35(40,41)42/h4-5,7-12,17-19,26-27,47H,6,13H2,1-3H3. The number of amides is 4. The highest BCUT2D eigenvalue weighted by Gasteiger charge is 2.68. The van der Waals surface area contributed by atoms with E-state index in [1.54, 1.807) is 13.0 Å². The van der Waals surface area contributed by atoms with Gasteiger partial charge in [-0.3, -0.25) is 24.2 Å². The maximum atomic E-state index is 14.6. The number of ether oxygens (including phenoxy) is 1. The van der Waals surface area contributed by atoms with Gasteiger partial charge in [-0.05, 0) is 73.7 Å². The summed E-state index contributed by atoms with van der Waals surface area (Å²) < 4.78 is 60.2. The van der Waals surface area contributed by atoms with Crippen LogP contribution in [0.3, 0.4) is 0 Å². The molecule has 1 aromatic heterocycles. The summed E-state index contributed by atoms with van der Waals surface area (Å²) in [6.45, 7) is 1.60. The average Bonchev–Trinajstić information content (AvgIpc) is 3.46. The van der Waals surface area contributed by atoms with Crippen molar-refractivity contribution in [2.24, 2.45) is 29.1 Å². The second kappa shape index (κ2) is 12.3. The van der Waals surface area contributed by atoms with E-state index in [1.807, 2.05) is 0 Å². The van der Waals surface area contributed by atoms with Crippen molar-refractivity contribution >= 4 is 69.9 Å². The number of nitrogens with zero attached hydrogens (tertiary/aromatic N) is 4. The van der Waals surface area contributed by atoms with Crippen LogP contribution in [-0.4, -0.2) is 52.9 Å². The Hall–Kier alpha value is -4.40. The van der Waals surface area contributed by atoms with Crippen LogP contribution in [0.25, 0.3) is 0 Å². The first-order valence-corrected chi connectivity index (χ1v) is 17.0. The van der Waals surface area contributed by atoms with Crippen LogP contribution in [0.2, 0.25) is 15.1 Å². The first-order chi connectivity index (χ1) is 24.4. The molecule has 17 heteroatoms. The Kier molecular flexibility index (Phi) is 8.54. The Bertz CT molecular complexity index is 2130. The van der Waals surface area contributed by atoms with Crippen LogP contribution >= 0.6 is 34.8 Å². The molecule has 0 radical (unpaired) electrons. The van der Waals surface area contributed by atoms with Crippen LogP contribution in [0.1, 0.15) is 36.9 Å². The fourth-order valence-corrected chi connectivity index (χ4v) is 8.99. The summed E-state index contributed by atoms with van der Waals surface area (Å²) in [5.41, 5.74) is -1.88. The average molecular weight is 782 g/mol. The molecule has 2 aromatic carbocycles. The number of imide groups is 2. The summed E-state index contributed by atoms with van der Waals surface area (Å²) >= 11 is 18.7. The number of aromatic nitrogens is 1. The first kappa shape index (κ1) is 36.0. The number of methoxy groups -OCH3 is 1. The van der Waals surface area contributed by atoms with Gasteiger partial charge < -0.3 is 9.84 Å². The third-order valence-corrected chi connectivity index (χ3v) is 11.6. The van der Waals surface area contributed by atoms with Crippen molar-refractivity contribution in [2.45, 2.75) is 31.9 Å². The third kappa shape index (κ3) is 5.16. The molecule has 2 saturated heterocycles. The van der Waals surface area contributed by atoms with E-state index in [4.69, 9.17) is 39.5 Å². The van der Waals surface area contributed by atoms with Gasteiger partial charge in [0.05, 0.1) is 51.0 Å². The minimum Gasteiger partial charge on any atom is -0.503 e. The number of phenols is 1. The minimum atomic E-state index is -4.84. The topological polar surface area (TPSA) is 120 Å². The zero-order valence-corrected chi connectivity index (χ0v) is 29.6. The number of pyridine rings is 1. The summed E-state index contributed by atoms with van der Waals surface area (Å²) in [7, 11) is 2.50. The number of benzene rings is 2. The number of hydrogen-bond acceptors (Lipinski definition) is 8. The third-order valence-electron chi connectivity index (χ3n) is 10.7. The molecule has 6 atom stereocenters. The number of hydrogen-bond donors (Lipinski definition) is 1. The van der Waals surface area contributed by atoms with Gasteiger partial charge in [-0.25, -0.2) is 14.3 Å². The Morgan fingerprint density at radius 3 is 2.33 bits per heavy atom. The highest BCUT2D eigenvalue weighted by atomic mass is 35.5. The molecular weight excluding hydrogens is 755 g/mol. The van der Waals surface area contributed by atoms with E-state index in [2.05, 4.69) is 4.98 Å². The van der Waals surface area contributed by atoms with Gasteiger partial charge in [0.15, 0.2) is 17.3 Å². The van der Waals surface area contributed by atoms with Crippen LogP contribution in [-0.2, 0) is 25.4 Å². The van der Waals surface area contributed by atoms with Gasteiger partial charge in [-0.1, -0.05) is 46.5 Å². The molecule has 0 spiro atoms. The van der Waals surface area contributed by atoms with Gasteiger partial charge in [-0.15, -0.1) is 0 Å². The Morgan fingerprint density at radius 1 is 0.962 bits per heavy atom. The molecule has 4 aliphatic rings. The van der Waals surface area contributed by atoms with Crippen molar-refractivity contribution in [2.75, 3.05) is 24.1 Å². The van der Waals surface area contributed by atoms with E-state index in [1.165, 1.54) is 32.4 Å². The smallest absolute Gasteiger partial charge is 0.433 e. The number of hydrazine groups is 1. The summed E-state index contributed by atoms with van der Waals surface area (Å²) in [6.07, 6.45) is -3.16. The monoisotopic (exact) mass is 780 g/mol. The molecule has 1 N–H and O–H groups in total. The minimum absolute atomic E-state index is 0.00871. The van der Waals surface area contributed by atoms with Gasteiger partial charge in [0.2, 0.25) is 11.8 Å². The molecule has 10 nitrogen and oxygen atoms in total. The highest BCUT2D eigenvalue weighted by molar-refractivity contribution is 6.33. The van der Waals surface area contributed by atoms with Gasteiger partial charge in [0.25, 0.3) is 11.8 Å². The number of phenolic OH excluding ortho intramolecular Hbond substituents is 1. The number of allylic oxidation sites excluding steroid dienone is 2. The van der Waals surface area contributed by atoms with E-state index >= 15 is 0 Å². The molecule has 1 saturated carbocycles. The molecule has 6 unspecified atom stereocenters. The summed E-state index contributed by atoms with van der Waals surface area (Å²) in [5.74, 6) is -9.35. The number of carbonyl (C=O) groups excluding carboxylic acids is 4. The van der Waals surface area contributed by atoms with Crippen molar-refractivity contribution in [3.63, 3.8) is 0 Å². The zero-order chi connectivity index (χ0) is 37.8. The van der Waals surface area contributed by atoms with Crippen molar-refractivity contribution in [3.05, 3.63) is 86.3 Å². The van der Waals surface area contributed by atoms with E-state index in [-0.39, 0.29) is 45.1 Å².